The first kappa shape index (κ1) is 28.6. The van der Waals surface area contributed by atoms with Crippen LogP contribution in [0.5, 0.6) is 5.75 Å². The molecule has 1 aromatic carbocycles. The van der Waals surface area contributed by atoms with Crippen LogP contribution in [0.4, 0.5) is 24.1 Å². The molecule has 0 saturated carbocycles. The molecule has 15 heteroatoms. The number of hydrogen-bond donors (Lipinski definition) is 2. The highest BCUT2D eigenvalue weighted by Crippen LogP contribution is 2.23. The molecule has 0 radical (unpaired) electrons. The van der Waals surface area contributed by atoms with Gasteiger partial charge in [-0.2, -0.15) is 10.2 Å². The highest BCUT2D eigenvalue weighted by molar-refractivity contribution is 7.15. The fourth-order valence-corrected chi connectivity index (χ4v) is 4.43. The van der Waals surface area contributed by atoms with E-state index in [1.165, 1.54) is 23.5 Å². The van der Waals surface area contributed by atoms with Crippen LogP contribution in [0.25, 0.3) is 0 Å². The molecule has 3 heterocycles. The summed E-state index contributed by atoms with van der Waals surface area (Å²) in [5, 5.41) is 27.0. The van der Waals surface area contributed by atoms with Crippen molar-refractivity contribution in [2.24, 2.45) is 0 Å². The van der Waals surface area contributed by atoms with Gasteiger partial charge in [0.25, 0.3) is 0 Å². The monoisotopic (exact) mass is 574 g/mol. The van der Waals surface area contributed by atoms with Gasteiger partial charge in [-0.25, -0.2) is 0 Å². The van der Waals surface area contributed by atoms with Crippen molar-refractivity contribution in [1.29, 1.82) is 0 Å². The number of rotatable bonds is 12. The van der Waals surface area contributed by atoms with Crippen LogP contribution in [-0.2, 0) is 35.4 Å². The average Bonchev–Trinajstić information content (AvgIpc) is 3.50. The van der Waals surface area contributed by atoms with Crippen LogP contribution in [0.15, 0.2) is 48.7 Å². The summed E-state index contributed by atoms with van der Waals surface area (Å²) >= 11 is 1.33. The number of ether oxygens (including phenoxy) is 1. The van der Waals surface area contributed by atoms with Gasteiger partial charge in [-0.1, -0.05) is 23.5 Å². The van der Waals surface area contributed by atoms with Gasteiger partial charge in [0.15, 0.2) is 5.82 Å². The SMILES string of the molecule is Cc1ccn(CC(=O)Nc2nnc(CCCCc3ccc(NC(=O)Cc4cccc(OC(F)(F)F)c4)nn3)s2)n1. The number of benzene rings is 1. The molecule has 2 amide bonds. The zero-order valence-corrected chi connectivity index (χ0v) is 22.1. The predicted molar refractivity (Wildman–Crippen MR) is 140 cm³/mol. The van der Waals surface area contributed by atoms with E-state index in [4.69, 9.17) is 0 Å². The van der Waals surface area contributed by atoms with E-state index in [9.17, 15) is 22.8 Å². The topological polar surface area (TPSA) is 137 Å². The number of aryl methyl sites for hydroxylation is 3. The number of halogens is 3. The number of nitrogens with one attached hydrogen (secondary N) is 2. The number of unbranched alkanes of at least 4 members (excludes halogenated alkanes) is 1. The van der Waals surface area contributed by atoms with Crippen LogP contribution < -0.4 is 15.4 Å². The maximum atomic E-state index is 12.4. The minimum Gasteiger partial charge on any atom is -0.406 e. The minimum atomic E-state index is -4.81. The van der Waals surface area contributed by atoms with Crippen LogP contribution in [-0.4, -0.2) is 48.4 Å². The minimum absolute atomic E-state index is 0.0981. The normalized spacial score (nSPS) is 11.3. The smallest absolute Gasteiger partial charge is 0.406 e. The Morgan fingerprint density at radius 3 is 2.52 bits per heavy atom. The van der Waals surface area contributed by atoms with Crippen LogP contribution >= 0.6 is 11.3 Å². The zero-order chi connectivity index (χ0) is 28.5. The van der Waals surface area contributed by atoms with Crippen molar-refractivity contribution in [1.82, 2.24) is 30.2 Å². The van der Waals surface area contributed by atoms with E-state index in [1.54, 1.807) is 23.0 Å². The van der Waals surface area contributed by atoms with Gasteiger partial charge in [-0.3, -0.25) is 19.6 Å². The van der Waals surface area contributed by atoms with E-state index in [-0.39, 0.29) is 24.7 Å². The largest absolute Gasteiger partial charge is 0.573 e. The molecule has 0 aliphatic rings. The molecule has 2 N–H and O–H groups in total. The van der Waals surface area contributed by atoms with E-state index < -0.39 is 18.0 Å². The molecule has 4 rings (SSSR count). The van der Waals surface area contributed by atoms with Crippen LogP contribution in [0.2, 0.25) is 0 Å². The molecule has 0 aliphatic carbocycles. The molecule has 0 spiro atoms. The Morgan fingerprint density at radius 2 is 1.80 bits per heavy atom. The quantitative estimate of drug-likeness (QED) is 0.241. The first-order valence-electron chi connectivity index (χ1n) is 12.2. The standard InChI is InChI=1S/C25H25F3N8O3S/c1-16-11-12-36(35-16)15-22(38)30-24-34-33-23(40-24)8-3-2-6-18-9-10-20(32-31-18)29-21(37)14-17-5-4-7-19(13-17)39-25(26,27)28/h4-5,7,9-13H,2-3,6,8,14-15H2,1H3,(H,29,32,37)(H,30,34,38). The van der Waals surface area contributed by atoms with Crippen LogP contribution in [0.3, 0.4) is 0 Å². The lowest BCUT2D eigenvalue weighted by molar-refractivity contribution is -0.274. The summed E-state index contributed by atoms with van der Waals surface area (Å²) < 4.78 is 42.6. The molecule has 0 atom stereocenters. The number of hydrogen-bond acceptors (Lipinski definition) is 9. The Morgan fingerprint density at radius 1 is 0.975 bits per heavy atom. The maximum absolute atomic E-state index is 12.4. The number of carbonyl (C=O) groups excluding carboxylic acids is 2. The van der Waals surface area contributed by atoms with Gasteiger partial charge in [0.1, 0.15) is 17.3 Å². The van der Waals surface area contributed by atoms with E-state index in [0.717, 1.165) is 41.4 Å². The van der Waals surface area contributed by atoms with Crippen molar-refractivity contribution in [3.8, 4) is 5.75 Å². The molecule has 0 fully saturated rings. The first-order chi connectivity index (χ1) is 19.1. The summed E-state index contributed by atoms with van der Waals surface area (Å²) in [7, 11) is 0. The Labute approximate surface area is 230 Å². The van der Waals surface area contributed by atoms with Crippen molar-refractivity contribution in [3.63, 3.8) is 0 Å². The second kappa shape index (κ2) is 13.1. The highest BCUT2D eigenvalue weighted by Gasteiger charge is 2.31. The molecule has 210 valence electrons. The van der Waals surface area contributed by atoms with Crippen molar-refractivity contribution in [2.45, 2.75) is 51.9 Å². The first-order valence-corrected chi connectivity index (χ1v) is 13.0. The molecule has 0 saturated heterocycles. The maximum Gasteiger partial charge on any atom is 0.573 e. The van der Waals surface area contributed by atoms with Gasteiger partial charge in [0.05, 0.1) is 17.8 Å². The Balaban J connectivity index is 1.15. The predicted octanol–water partition coefficient (Wildman–Crippen LogP) is 4.12. The number of aromatic nitrogens is 6. The van der Waals surface area contributed by atoms with Gasteiger partial charge >= 0.3 is 6.36 Å². The van der Waals surface area contributed by atoms with Crippen LogP contribution in [0.1, 0.15) is 34.8 Å². The van der Waals surface area contributed by atoms with Gasteiger partial charge < -0.3 is 10.1 Å². The lowest BCUT2D eigenvalue weighted by Gasteiger charge is -2.10. The summed E-state index contributed by atoms with van der Waals surface area (Å²) in [6.07, 6.45) is -0.220. The third kappa shape index (κ3) is 9.41. The second-order valence-corrected chi connectivity index (χ2v) is 9.80. The molecule has 0 unspecified atom stereocenters. The lowest BCUT2D eigenvalue weighted by atomic mass is 10.1. The van der Waals surface area contributed by atoms with E-state index in [2.05, 4.69) is 40.9 Å². The van der Waals surface area contributed by atoms with Crippen LogP contribution in [0, 0.1) is 6.92 Å². The number of amides is 2. The van der Waals surface area contributed by atoms with Gasteiger partial charge in [-0.15, -0.1) is 28.5 Å². The number of alkyl halides is 3. The molecule has 4 aromatic rings. The third-order valence-electron chi connectivity index (χ3n) is 5.35. The zero-order valence-electron chi connectivity index (χ0n) is 21.3. The Hall–Kier alpha value is -4.40. The molecular weight excluding hydrogens is 549 g/mol. The van der Waals surface area contributed by atoms with Crippen molar-refractivity contribution >= 4 is 34.1 Å². The summed E-state index contributed by atoms with van der Waals surface area (Å²) in [4.78, 5) is 24.4. The highest BCUT2D eigenvalue weighted by atomic mass is 32.1. The molecule has 0 aliphatic heterocycles. The van der Waals surface area contributed by atoms with Gasteiger partial charge in [0.2, 0.25) is 16.9 Å². The van der Waals surface area contributed by atoms with E-state index >= 15 is 0 Å². The summed E-state index contributed by atoms with van der Waals surface area (Å²) in [5.41, 5.74) is 1.94. The fraction of sp³-hybridized carbons (Fsp3) is 0.320. The number of nitrogens with zero attached hydrogens (tertiary/aromatic N) is 6. The molecular formula is C25H25F3N8O3S. The van der Waals surface area contributed by atoms with E-state index in [0.29, 0.717) is 23.5 Å². The number of anilines is 2. The van der Waals surface area contributed by atoms with Crippen molar-refractivity contribution in [2.75, 3.05) is 10.6 Å². The summed E-state index contributed by atoms with van der Waals surface area (Å²) in [6.45, 7) is 1.95. The van der Waals surface area contributed by atoms with Gasteiger partial charge in [0, 0.05) is 12.6 Å². The van der Waals surface area contributed by atoms with Crippen molar-refractivity contribution in [3.05, 3.63) is 70.6 Å². The average molecular weight is 575 g/mol. The summed E-state index contributed by atoms with van der Waals surface area (Å²) in [6, 6.07) is 10.4. The molecule has 11 nitrogen and oxygen atoms in total. The van der Waals surface area contributed by atoms with Crippen molar-refractivity contribution < 1.29 is 27.5 Å². The summed E-state index contributed by atoms with van der Waals surface area (Å²) in [5.74, 6) is -0.830. The second-order valence-electron chi connectivity index (χ2n) is 8.74. The number of carbonyl (C=O) groups is 2. The lowest BCUT2D eigenvalue weighted by Crippen LogP contribution is -2.19. The van der Waals surface area contributed by atoms with Gasteiger partial charge in [-0.05, 0) is 62.1 Å². The van der Waals surface area contributed by atoms with E-state index in [1.807, 2.05) is 13.0 Å². The fourth-order valence-electron chi connectivity index (χ4n) is 3.63. The Kier molecular flexibility index (Phi) is 9.37. The molecule has 0 bridgehead atoms. The molecule has 40 heavy (non-hydrogen) atoms. The molecule has 3 aromatic heterocycles. The Bertz CT molecular complexity index is 1440. The third-order valence-corrected chi connectivity index (χ3v) is 6.25.